The molecule has 0 aliphatic rings. The first kappa shape index (κ1) is 22.5. The third-order valence-corrected chi connectivity index (χ3v) is 4.29. The lowest BCUT2D eigenvalue weighted by molar-refractivity contribution is -0.118. The summed E-state index contributed by atoms with van der Waals surface area (Å²) in [6.07, 6.45) is 0. The number of nitrogens with one attached hydrogen (secondary N) is 2. The number of rotatable bonds is 8. The Hall–Kier alpha value is -4.14. The molecule has 0 saturated carbocycles. The second-order valence-electron chi connectivity index (χ2n) is 6.71. The lowest BCUT2D eigenvalue weighted by Gasteiger charge is -2.13. The summed E-state index contributed by atoms with van der Waals surface area (Å²) in [5.74, 6) is -0.500. The zero-order valence-corrected chi connectivity index (χ0v) is 17.8. The maximum atomic E-state index is 13.7. The van der Waals surface area contributed by atoms with Crippen molar-refractivity contribution < 1.29 is 28.2 Å². The van der Waals surface area contributed by atoms with Gasteiger partial charge in [0, 0.05) is 19.2 Å². The molecule has 0 atom stereocenters. The second kappa shape index (κ2) is 10.3. The Bertz CT molecular complexity index is 1120. The van der Waals surface area contributed by atoms with Crippen molar-refractivity contribution in [1.82, 2.24) is 4.98 Å². The van der Waals surface area contributed by atoms with Crippen LogP contribution in [0.2, 0.25) is 0 Å². The molecule has 32 heavy (non-hydrogen) atoms. The van der Waals surface area contributed by atoms with Gasteiger partial charge < -0.3 is 24.8 Å². The number of pyridine rings is 1. The number of halogens is 1. The smallest absolute Gasteiger partial charge is 0.338 e. The molecule has 1 aromatic heterocycles. The summed E-state index contributed by atoms with van der Waals surface area (Å²) >= 11 is 0. The largest absolute Gasteiger partial charge is 0.484 e. The van der Waals surface area contributed by atoms with Crippen LogP contribution < -0.4 is 20.1 Å². The van der Waals surface area contributed by atoms with Crippen molar-refractivity contribution in [3.63, 3.8) is 0 Å². The van der Waals surface area contributed by atoms with E-state index in [0.29, 0.717) is 23.1 Å². The molecule has 1 amide bonds. The molecule has 166 valence electrons. The number of esters is 1. The summed E-state index contributed by atoms with van der Waals surface area (Å²) in [5.41, 5.74) is 1.50. The highest BCUT2D eigenvalue weighted by Crippen LogP contribution is 2.26. The lowest BCUT2D eigenvalue weighted by atomic mass is 10.2. The highest BCUT2D eigenvalue weighted by Gasteiger charge is 2.13. The van der Waals surface area contributed by atoms with E-state index in [1.165, 1.54) is 13.2 Å². The van der Waals surface area contributed by atoms with Crippen molar-refractivity contribution in [2.45, 2.75) is 6.92 Å². The first-order valence-corrected chi connectivity index (χ1v) is 9.63. The standard InChI is InChI=1S/C23H22FN3O5/c1-14-4-6-17(7-5-14)32-21-9-8-19(22(25-2)27-21)26-20(28)13-31-18-11-15(23(29)30-3)10-16(24)12-18/h4-12H,13H2,1-3H3,(H,25,27)(H,26,28). The van der Waals surface area contributed by atoms with E-state index in [2.05, 4.69) is 20.4 Å². The van der Waals surface area contributed by atoms with Crippen LogP contribution in [0.5, 0.6) is 17.4 Å². The average Bonchev–Trinajstić information content (AvgIpc) is 2.79. The number of nitrogens with zero attached hydrogens (tertiary/aromatic N) is 1. The molecular weight excluding hydrogens is 417 g/mol. The van der Waals surface area contributed by atoms with Crippen LogP contribution in [-0.4, -0.2) is 37.6 Å². The van der Waals surface area contributed by atoms with Crippen molar-refractivity contribution in [2.75, 3.05) is 31.4 Å². The molecule has 0 bridgehead atoms. The predicted molar refractivity (Wildman–Crippen MR) is 117 cm³/mol. The molecule has 3 aromatic rings. The van der Waals surface area contributed by atoms with Crippen molar-refractivity contribution in [2.24, 2.45) is 0 Å². The third kappa shape index (κ3) is 5.94. The summed E-state index contributed by atoms with van der Waals surface area (Å²) in [5, 5.41) is 5.56. The van der Waals surface area contributed by atoms with Crippen molar-refractivity contribution >= 4 is 23.4 Å². The molecule has 0 radical (unpaired) electrons. The van der Waals surface area contributed by atoms with Gasteiger partial charge in [-0.15, -0.1) is 0 Å². The molecule has 3 rings (SSSR count). The minimum atomic E-state index is -0.712. The van der Waals surface area contributed by atoms with Gasteiger partial charge in [0.1, 0.15) is 17.3 Å². The number of amides is 1. The third-order valence-electron chi connectivity index (χ3n) is 4.29. The first-order chi connectivity index (χ1) is 15.4. The van der Waals surface area contributed by atoms with Crippen LogP contribution in [0.4, 0.5) is 15.9 Å². The van der Waals surface area contributed by atoms with Crippen LogP contribution in [-0.2, 0) is 9.53 Å². The second-order valence-corrected chi connectivity index (χ2v) is 6.71. The van der Waals surface area contributed by atoms with Gasteiger partial charge in [0.25, 0.3) is 5.91 Å². The predicted octanol–water partition coefficient (Wildman–Crippen LogP) is 4.17. The number of carbonyl (C=O) groups is 2. The van der Waals surface area contributed by atoms with Crippen molar-refractivity contribution in [3.8, 4) is 17.4 Å². The molecule has 0 spiro atoms. The average molecular weight is 439 g/mol. The van der Waals surface area contributed by atoms with Crippen LogP contribution in [0.3, 0.4) is 0 Å². The number of carbonyl (C=O) groups excluding carboxylic acids is 2. The van der Waals surface area contributed by atoms with E-state index in [4.69, 9.17) is 9.47 Å². The van der Waals surface area contributed by atoms with Gasteiger partial charge in [-0.2, -0.15) is 4.98 Å². The van der Waals surface area contributed by atoms with Crippen LogP contribution >= 0.6 is 0 Å². The van der Waals surface area contributed by atoms with Crippen LogP contribution in [0, 0.1) is 12.7 Å². The van der Waals surface area contributed by atoms with E-state index in [0.717, 1.165) is 17.7 Å². The number of ether oxygens (including phenoxy) is 3. The van der Waals surface area contributed by atoms with Gasteiger partial charge in [0.2, 0.25) is 5.88 Å². The van der Waals surface area contributed by atoms with Gasteiger partial charge in [-0.3, -0.25) is 4.79 Å². The molecular formula is C23H22FN3O5. The molecule has 2 aromatic carbocycles. The Morgan fingerprint density at radius 2 is 1.78 bits per heavy atom. The Morgan fingerprint density at radius 1 is 1.03 bits per heavy atom. The lowest BCUT2D eigenvalue weighted by Crippen LogP contribution is -2.21. The van der Waals surface area contributed by atoms with Gasteiger partial charge in [0.05, 0.1) is 18.4 Å². The van der Waals surface area contributed by atoms with E-state index in [1.54, 1.807) is 19.2 Å². The Balaban J connectivity index is 1.64. The molecule has 2 N–H and O–H groups in total. The SMILES string of the molecule is CNc1nc(Oc2ccc(C)cc2)ccc1NC(=O)COc1cc(F)cc(C(=O)OC)c1. The molecule has 1 heterocycles. The Morgan fingerprint density at radius 3 is 2.47 bits per heavy atom. The summed E-state index contributed by atoms with van der Waals surface area (Å²) in [6.45, 7) is 1.57. The van der Waals surface area contributed by atoms with Crippen LogP contribution in [0.1, 0.15) is 15.9 Å². The highest BCUT2D eigenvalue weighted by molar-refractivity contribution is 5.94. The molecule has 0 aliphatic heterocycles. The van der Waals surface area contributed by atoms with Gasteiger partial charge in [-0.05, 0) is 37.3 Å². The number of benzene rings is 2. The summed E-state index contributed by atoms with van der Waals surface area (Å²) in [6, 6.07) is 14.2. The zero-order chi connectivity index (χ0) is 23.1. The first-order valence-electron chi connectivity index (χ1n) is 9.63. The van der Waals surface area contributed by atoms with Gasteiger partial charge >= 0.3 is 5.97 Å². The summed E-state index contributed by atoms with van der Waals surface area (Å²) in [7, 11) is 2.84. The maximum absolute atomic E-state index is 13.7. The molecule has 0 aliphatic carbocycles. The summed E-state index contributed by atoms with van der Waals surface area (Å²) < 4.78 is 29.3. The fourth-order valence-corrected chi connectivity index (χ4v) is 2.73. The van der Waals surface area contributed by atoms with Gasteiger partial charge in [0.15, 0.2) is 12.4 Å². The monoisotopic (exact) mass is 439 g/mol. The van der Waals surface area contributed by atoms with E-state index in [9.17, 15) is 14.0 Å². The van der Waals surface area contributed by atoms with E-state index >= 15 is 0 Å². The maximum Gasteiger partial charge on any atom is 0.338 e. The number of aryl methyl sites for hydroxylation is 1. The van der Waals surface area contributed by atoms with E-state index in [-0.39, 0.29) is 11.3 Å². The van der Waals surface area contributed by atoms with Crippen LogP contribution in [0.15, 0.2) is 54.6 Å². The fourth-order valence-electron chi connectivity index (χ4n) is 2.73. The number of anilines is 2. The minimum Gasteiger partial charge on any atom is -0.484 e. The normalized spacial score (nSPS) is 10.2. The number of methoxy groups -OCH3 is 1. The topological polar surface area (TPSA) is 98.8 Å². The fraction of sp³-hybridized carbons (Fsp3) is 0.174. The van der Waals surface area contributed by atoms with E-state index in [1.807, 2.05) is 31.2 Å². The Labute approximate surface area is 184 Å². The summed E-state index contributed by atoms with van der Waals surface area (Å²) in [4.78, 5) is 28.2. The zero-order valence-electron chi connectivity index (χ0n) is 17.8. The molecule has 0 saturated heterocycles. The Kier molecular flexibility index (Phi) is 7.22. The molecule has 9 heteroatoms. The number of hydrogen-bond acceptors (Lipinski definition) is 7. The number of aromatic nitrogens is 1. The molecule has 0 unspecified atom stereocenters. The minimum absolute atomic E-state index is 0.0197. The van der Waals surface area contributed by atoms with E-state index < -0.39 is 24.3 Å². The highest BCUT2D eigenvalue weighted by atomic mass is 19.1. The van der Waals surface area contributed by atoms with Crippen molar-refractivity contribution in [3.05, 3.63) is 71.5 Å². The number of hydrogen-bond donors (Lipinski definition) is 2. The van der Waals surface area contributed by atoms with Crippen LogP contribution in [0.25, 0.3) is 0 Å². The van der Waals surface area contributed by atoms with Gasteiger partial charge in [-0.1, -0.05) is 17.7 Å². The van der Waals surface area contributed by atoms with Gasteiger partial charge in [-0.25, -0.2) is 9.18 Å². The van der Waals surface area contributed by atoms with Crippen molar-refractivity contribution in [1.29, 1.82) is 0 Å². The quantitative estimate of drug-likeness (QED) is 0.508. The molecule has 0 fully saturated rings. The molecule has 8 nitrogen and oxygen atoms in total.